The molecule has 0 amide bonds. The van der Waals surface area contributed by atoms with Gasteiger partial charge in [-0.25, -0.2) is 0 Å². The summed E-state index contributed by atoms with van der Waals surface area (Å²) in [6.45, 7) is 7.21. The van der Waals surface area contributed by atoms with Gasteiger partial charge in [0.25, 0.3) is 0 Å². The van der Waals surface area contributed by atoms with E-state index >= 15 is 0 Å². The van der Waals surface area contributed by atoms with Gasteiger partial charge in [0, 0.05) is 23.6 Å². The SMILES string of the molecule is Cc1cnc(CN2c3ccccc3CCC2C)c(C)c1N. The molecular weight excluding hydrogens is 258 g/mol. The lowest BCUT2D eigenvalue weighted by Gasteiger charge is -2.37. The van der Waals surface area contributed by atoms with E-state index < -0.39 is 0 Å². The molecule has 1 unspecified atom stereocenters. The van der Waals surface area contributed by atoms with Crippen molar-refractivity contribution in [2.24, 2.45) is 0 Å². The maximum atomic E-state index is 6.16. The van der Waals surface area contributed by atoms with Crippen molar-refractivity contribution in [2.45, 2.75) is 46.2 Å². The van der Waals surface area contributed by atoms with Crippen LogP contribution in [-0.2, 0) is 13.0 Å². The van der Waals surface area contributed by atoms with Crippen molar-refractivity contribution in [3.05, 3.63) is 52.8 Å². The lowest BCUT2D eigenvalue weighted by Crippen LogP contribution is -2.37. The highest BCUT2D eigenvalue weighted by Gasteiger charge is 2.23. The zero-order valence-electron chi connectivity index (χ0n) is 13.1. The van der Waals surface area contributed by atoms with E-state index in [0.717, 1.165) is 35.5 Å². The predicted octanol–water partition coefficient (Wildman–Crippen LogP) is 3.62. The second kappa shape index (κ2) is 5.40. The van der Waals surface area contributed by atoms with Crippen LogP contribution in [0.5, 0.6) is 0 Å². The number of nitrogens with two attached hydrogens (primary N) is 1. The van der Waals surface area contributed by atoms with E-state index in [4.69, 9.17) is 5.73 Å². The molecule has 0 spiro atoms. The first-order valence-corrected chi connectivity index (χ1v) is 7.63. The maximum absolute atomic E-state index is 6.16. The van der Waals surface area contributed by atoms with Gasteiger partial charge < -0.3 is 10.6 Å². The summed E-state index contributed by atoms with van der Waals surface area (Å²) in [6.07, 6.45) is 4.24. The summed E-state index contributed by atoms with van der Waals surface area (Å²) in [7, 11) is 0. The average molecular weight is 281 g/mol. The molecule has 0 radical (unpaired) electrons. The molecule has 3 heteroatoms. The van der Waals surface area contributed by atoms with Gasteiger partial charge in [0.2, 0.25) is 0 Å². The van der Waals surface area contributed by atoms with Crippen molar-refractivity contribution < 1.29 is 0 Å². The summed E-state index contributed by atoms with van der Waals surface area (Å²) in [5.41, 5.74) is 13.1. The van der Waals surface area contributed by atoms with Gasteiger partial charge in [0.1, 0.15) is 0 Å². The fourth-order valence-corrected chi connectivity index (χ4v) is 3.11. The minimum Gasteiger partial charge on any atom is -0.398 e. The summed E-state index contributed by atoms with van der Waals surface area (Å²) in [5, 5.41) is 0. The monoisotopic (exact) mass is 281 g/mol. The molecule has 110 valence electrons. The molecule has 0 saturated carbocycles. The van der Waals surface area contributed by atoms with E-state index in [1.165, 1.54) is 17.7 Å². The molecule has 1 aromatic carbocycles. The Morgan fingerprint density at radius 1 is 1.29 bits per heavy atom. The van der Waals surface area contributed by atoms with Crippen LogP contribution in [0.2, 0.25) is 0 Å². The molecule has 1 aliphatic rings. The van der Waals surface area contributed by atoms with Crippen LogP contribution in [-0.4, -0.2) is 11.0 Å². The molecule has 2 N–H and O–H groups in total. The molecule has 0 aliphatic carbocycles. The first-order valence-electron chi connectivity index (χ1n) is 7.63. The van der Waals surface area contributed by atoms with Crippen LogP contribution >= 0.6 is 0 Å². The number of para-hydroxylation sites is 1. The van der Waals surface area contributed by atoms with Crippen molar-refractivity contribution in [3.63, 3.8) is 0 Å². The smallest absolute Gasteiger partial charge is 0.0646 e. The van der Waals surface area contributed by atoms with Crippen LogP contribution in [0, 0.1) is 13.8 Å². The number of nitrogens with zero attached hydrogens (tertiary/aromatic N) is 2. The number of hydrogen-bond donors (Lipinski definition) is 1. The van der Waals surface area contributed by atoms with Crippen LogP contribution < -0.4 is 10.6 Å². The van der Waals surface area contributed by atoms with Crippen LogP contribution in [0.4, 0.5) is 11.4 Å². The van der Waals surface area contributed by atoms with E-state index in [-0.39, 0.29) is 0 Å². The van der Waals surface area contributed by atoms with Gasteiger partial charge >= 0.3 is 0 Å². The summed E-state index contributed by atoms with van der Waals surface area (Å²) in [5.74, 6) is 0. The zero-order valence-corrected chi connectivity index (χ0v) is 13.1. The topological polar surface area (TPSA) is 42.2 Å². The molecular formula is C18H23N3. The molecule has 2 heterocycles. The highest BCUT2D eigenvalue weighted by molar-refractivity contribution is 5.58. The number of hydrogen-bond acceptors (Lipinski definition) is 3. The number of fused-ring (bicyclic) bond motifs is 1. The number of nitrogen functional groups attached to an aromatic ring is 1. The van der Waals surface area contributed by atoms with Crippen molar-refractivity contribution >= 4 is 11.4 Å². The molecule has 1 atom stereocenters. The molecule has 21 heavy (non-hydrogen) atoms. The molecule has 3 nitrogen and oxygen atoms in total. The fourth-order valence-electron chi connectivity index (χ4n) is 3.11. The van der Waals surface area contributed by atoms with Gasteiger partial charge in [-0.15, -0.1) is 0 Å². The summed E-state index contributed by atoms with van der Waals surface area (Å²) < 4.78 is 0. The van der Waals surface area contributed by atoms with Gasteiger partial charge in [0.05, 0.1) is 12.2 Å². The van der Waals surface area contributed by atoms with Gasteiger partial charge in [-0.2, -0.15) is 0 Å². The highest BCUT2D eigenvalue weighted by Crippen LogP contribution is 2.32. The second-order valence-corrected chi connectivity index (χ2v) is 6.07. The van der Waals surface area contributed by atoms with E-state index in [0.29, 0.717) is 6.04 Å². The van der Waals surface area contributed by atoms with Crippen molar-refractivity contribution in [1.82, 2.24) is 4.98 Å². The number of pyridine rings is 1. The minimum atomic E-state index is 0.531. The molecule has 1 aromatic heterocycles. The van der Waals surface area contributed by atoms with Crippen molar-refractivity contribution in [2.75, 3.05) is 10.6 Å². The van der Waals surface area contributed by atoms with Crippen LogP contribution in [0.25, 0.3) is 0 Å². The Morgan fingerprint density at radius 2 is 2.05 bits per heavy atom. The molecule has 0 fully saturated rings. The lowest BCUT2D eigenvalue weighted by atomic mass is 9.96. The number of rotatable bonds is 2. The third-order valence-corrected chi connectivity index (χ3v) is 4.66. The quantitative estimate of drug-likeness (QED) is 0.914. The van der Waals surface area contributed by atoms with Crippen LogP contribution in [0.1, 0.15) is 35.7 Å². The van der Waals surface area contributed by atoms with Gasteiger partial charge in [-0.3, -0.25) is 4.98 Å². The molecule has 2 aromatic rings. The zero-order chi connectivity index (χ0) is 15.0. The largest absolute Gasteiger partial charge is 0.398 e. The Hall–Kier alpha value is -2.03. The molecule has 1 aliphatic heterocycles. The lowest BCUT2D eigenvalue weighted by molar-refractivity contribution is 0.556. The van der Waals surface area contributed by atoms with Gasteiger partial charge in [0.15, 0.2) is 0 Å². The van der Waals surface area contributed by atoms with E-state index in [1.54, 1.807) is 0 Å². The summed E-state index contributed by atoms with van der Waals surface area (Å²) in [4.78, 5) is 7.08. The average Bonchev–Trinajstić information content (AvgIpc) is 2.50. The molecule has 0 bridgehead atoms. The Bertz CT molecular complexity index is 664. The highest BCUT2D eigenvalue weighted by atomic mass is 15.2. The number of benzene rings is 1. The minimum absolute atomic E-state index is 0.531. The Balaban J connectivity index is 1.96. The van der Waals surface area contributed by atoms with Crippen LogP contribution in [0.3, 0.4) is 0 Å². The number of aromatic nitrogens is 1. The third-order valence-electron chi connectivity index (χ3n) is 4.66. The van der Waals surface area contributed by atoms with E-state index in [1.807, 2.05) is 13.1 Å². The normalized spacial score (nSPS) is 17.7. The number of aryl methyl sites for hydroxylation is 2. The summed E-state index contributed by atoms with van der Waals surface area (Å²) in [6, 6.07) is 9.23. The van der Waals surface area contributed by atoms with E-state index in [2.05, 4.69) is 48.0 Å². The van der Waals surface area contributed by atoms with Crippen molar-refractivity contribution in [3.8, 4) is 0 Å². The fraction of sp³-hybridized carbons (Fsp3) is 0.389. The van der Waals surface area contributed by atoms with E-state index in [9.17, 15) is 0 Å². The number of anilines is 2. The molecule has 3 rings (SSSR count). The second-order valence-electron chi connectivity index (χ2n) is 6.07. The third kappa shape index (κ3) is 2.48. The molecule has 0 saturated heterocycles. The summed E-state index contributed by atoms with van der Waals surface area (Å²) >= 11 is 0. The van der Waals surface area contributed by atoms with Crippen LogP contribution in [0.15, 0.2) is 30.5 Å². The Labute approximate surface area is 126 Å². The predicted molar refractivity (Wildman–Crippen MR) is 88.5 cm³/mol. The van der Waals surface area contributed by atoms with Crippen molar-refractivity contribution in [1.29, 1.82) is 0 Å². The Kier molecular flexibility index (Phi) is 3.58. The first-order chi connectivity index (χ1) is 10.1. The Morgan fingerprint density at radius 3 is 2.86 bits per heavy atom. The van der Waals surface area contributed by atoms with Gasteiger partial charge in [-0.05, 0) is 56.4 Å². The first kappa shape index (κ1) is 13.9. The van der Waals surface area contributed by atoms with Gasteiger partial charge in [-0.1, -0.05) is 18.2 Å². The maximum Gasteiger partial charge on any atom is 0.0646 e. The standard InChI is InChI=1S/C18H23N3/c1-12-10-20-16(14(3)18(12)19)11-21-13(2)8-9-15-6-4-5-7-17(15)21/h4-7,10,13H,8-9,11H2,1-3H3,(H2,19,20).